The molecule has 1 aromatic heterocycles. The van der Waals surface area contributed by atoms with Gasteiger partial charge in [0.05, 0.1) is 0 Å². The molecule has 0 aliphatic carbocycles. The Labute approximate surface area is 109 Å². The van der Waals surface area contributed by atoms with Crippen LogP contribution in [0.2, 0.25) is 0 Å². The molecule has 1 aromatic rings. The maximum absolute atomic E-state index is 12.4. The zero-order valence-electron chi connectivity index (χ0n) is 12.2. The van der Waals surface area contributed by atoms with E-state index >= 15 is 0 Å². The zero-order chi connectivity index (χ0) is 14.1. The predicted molar refractivity (Wildman–Crippen MR) is 75.0 cm³/mol. The van der Waals surface area contributed by atoms with Gasteiger partial charge in [0.1, 0.15) is 0 Å². The number of nitrogens with two attached hydrogens (primary N) is 1. The number of nitrogens with zero attached hydrogens (tertiary/aromatic N) is 3. The van der Waals surface area contributed by atoms with Gasteiger partial charge in [0.25, 0.3) is 5.56 Å². The second-order valence-electron chi connectivity index (χ2n) is 6.17. The van der Waals surface area contributed by atoms with E-state index in [1.54, 1.807) is 17.0 Å². The van der Waals surface area contributed by atoms with Crippen LogP contribution in [-0.2, 0) is 5.54 Å². The Morgan fingerprint density at radius 2 is 1.89 bits per heavy atom. The van der Waals surface area contributed by atoms with Gasteiger partial charge in [0, 0.05) is 37.1 Å². The summed E-state index contributed by atoms with van der Waals surface area (Å²) in [4.78, 5) is 18.5. The van der Waals surface area contributed by atoms with E-state index in [9.17, 15) is 4.79 Å². The molecular weight excluding hydrogens is 228 g/mol. The lowest BCUT2D eigenvalue weighted by Crippen LogP contribution is -2.50. The van der Waals surface area contributed by atoms with Crippen molar-refractivity contribution in [3.8, 4) is 0 Å². The van der Waals surface area contributed by atoms with E-state index in [1.807, 2.05) is 46.6 Å². The first kappa shape index (κ1) is 14.7. The molecule has 2 N–H and O–H groups in total. The van der Waals surface area contributed by atoms with Crippen molar-refractivity contribution in [1.29, 1.82) is 0 Å². The minimum absolute atomic E-state index is 0.0889. The van der Waals surface area contributed by atoms with E-state index in [0.717, 1.165) is 0 Å². The van der Waals surface area contributed by atoms with Crippen molar-refractivity contribution in [3.63, 3.8) is 0 Å². The first-order chi connectivity index (χ1) is 8.11. The lowest BCUT2D eigenvalue weighted by atomic mass is 10.0. The topological polar surface area (TPSA) is 64.2 Å². The Hall–Kier alpha value is -1.36. The zero-order valence-corrected chi connectivity index (χ0v) is 12.2. The molecule has 18 heavy (non-hydrogen) atoms. The standard InChI is InChI=1S/C13H24N4O/c1-12(2,3)17-8-7-15-10(11(17)18)16(6)13(4,5)9-14/h7-8H,9,14H2,1-6H3. The van der Waals surface area contributed by atoms with Crippen molar-refractivity contribution >= 4 is 5.82 Å². The Kier molecular flexibility index (Phi) is 3.86. The highest BCUT2D eigenvalue weighted by Crippen LogP contribution is 2.17. The van der Waals surface area contributed by atoms with Crippen LogP contribution in [0.3, 0.4) is 0 Å². The number of rotatable bonds is 3. The van der Waals surface area contributed by atoms with Gasteiger partial charge in [0.2, 0.25) is 0 Å². The molecule has 5 nitrogen and oxygen atoms in total. The molecule has 102 valence electrons. The normalized spacial score (nSPS) is 12.6. The maximum Gasteiger partial charge on any atom is 0.293 e. The van der Waals surface area contributed by atoms with Gasteiger partial charge < -0.3 is 15.2 Å². The molecule has 1 rings (SSSR count). The molecule has 0 saturated heterocycles. The summed E-state index contributed by atoms with van der Waals surface area (Å²) in [5, 5.41) is 0. The highest BCUT2D eigenvalue weighted by atomic mass is 16.1. The molecule has 0 aliphatic rings. The Balaban J connectivity index is 3.33. The molecule has 1 heterocycles. The third kappa shape index (κ3) is 2.72. The second kappa shape index (κ2) is 4.72. The Morgan fingerprint density at radius 1 is 1.33 bits per heavy atom. The van der Waals surface area contributed by atoms with Crippen molar-refractivity contribution in [2.75, 3.05) is 18.5 Å². The first-order valence-electron chi connectivity index (χ1n) is 6.13. The van der Waals surface area contributed by atoms with Crippen molar-refractivity contribution < 1.29 is 0 Å². The molecule has 0 aromatic carbocycles. The summed E-state index contributed by atoms with van der Waals surface area (Å²) >= 11 is 0. The van der Waals surface area contributed by atoms with Crippen LogP contribution in [0.5, 0.6) is 0 Å². The molecule has 0 saturated carbocycles. The number of anilines is 1. The first-order valence-corrected chi connectivity index (χ1v) is 6.13. The average molecular weight is 252 g/mol. The highest BCUT2D eigenvalue weighted by Gasteiger charge is 2.26. The number of hydrogen-bond acceptors (Lipinski definition) is 4. The summed E-state index contributed by atoms with van der Waals surface area (Å²) in [6, 6.07) is 0. The summed E-state index contributed by atoms with van der Waals surface area (Å²) < 4.78 is 1.69. The van der Waals surface area contributed by atoms with Crippen LogP contribution in [0, 0.1) is 0 Å². The lowest BCUT2D eigenvalue weighted by Gasteiger charge is -2.35. The molecule has 0 aliphatic heterocycles. The third-order valence-electron chi connectivity index (χ3n) is 3.27. The monoisotopic (exact) mass is 252 g/mol. The van der Waals surface area contributed by atoms with Crippen LogP contribution in [0.4, 0.5) is 5.82 Å². The summed E-state index contributed by atoms with van der Waals surface area (Å²) in [5.41, 5.74) is 5.09. The van der Waals surface area contributed by atoms with Gasteiger partial charge in [-0.15, -0.1) is 0 Å². The van der Waals surface area contributed by atoms with Crippen LogP contribution < -0.4 is 16.2 Å². The number of aromatic nitrogens is 2. The molecule has 0 fully saturated rings. The van der Waals surface area contributed by atoms with Crippen LogP contribution >= 0.6 is 0 Å². The van der Waals surface area contributed by atoms with Gasteiger partial charge in [0.15, 0.2) is 5.82 Å². The smallest absolute Gasteiger partial charge is 0.293 e. The fourth-order valence-corrected chi connectivity index (χ4v) is 1.58. The molecule has 5 heteroatoms. The van der Waals surface area contributed by atoms with Gasteiger partial charge in [-0.05, 0) is 34.6 Å². The van der Waals surface area contributed by atoms with Gasteiger partial charge >= 0.3 is 0 Å². The summed E-state index contributed by atoms with van der Waals surface area (Å²) in [6.07, 6.45) is 3.38. The van der Waals surface area contributed by atoms with Crippen LogP contribution in [-0.4, -0.2) is 28.7 Å². The lowest BCUT2D eigenvalue weighted by molar-refractivity contribution is 0.380. The van der Waals surface area contributed by atoms with Gasteiger partial charge in [-0.25, -0.2) is 4.98 Å². The molecule has 0 radical (unpaired) electrons. The SMILES string of the molecule is CN(c1nccn(C(C)(C)C)c1=O)C(C)(C)CN. The largest absolute Gasteiger partial charge is 0.349 e. The summed E-state index contributed by atoms with van der Waals surface area (Å²) in [6.45, 7) is 10.4. The van der Waals surface area contributed by atoms with Gasteiger partial charge in [-0.3, -0.25) is 4.79 Å². The quantitative estimate of drug-likeness (QED) is 0.877. The van der Waals surface area contributed by atoms with Crippen LogP contribution in [0.25, 0.3) is 0 Å². The van der Waals surface area contributed by atoms with E-state index in [0.29, 0.717) is 12.4 Å². The van der Waals surface area contributed by atoms with E-state index in [1.165, 1.54) is 0 Å². The van der Waals surface area contributed by atoms with Crippen molar-refractivity contribution in [1.82, 2.24) is 9.55 Å². The molecule has 0 bridgehead atoms. The minimum Gasteiger partial charge on any atom is -0.349 e. The van der Waals surface area contributed by atoms with E-state index in [4.69, 9.17) is 5.73 Å². The summed E-state index contributed by atoms with van der Waals surface area (Å²) in [7, 11) is 1.85. The van der Waals surface area contributed by atoms with E-state index in [-0.39, 0.29) is 16.6 Å². The fourth-order valence-electron chi connectivity index (χ4n) is 1.58. The molecule has 0 atom stereocenters. The average Bonchev–Trinajstić information content (AvgIpc) is 2.27. The second-order valence-corrected chi connectivity index (χ2v) is 6.17. The van der Waals surface area contributed by atoms with Crippen molar-refractivity contribution in [2.45, 2.75) is 45.7 Å². The third-order valence-corrected chi connectivity index (χ3v) is 3.27. The van der Waals surface area contributed by atoms with Gasteiger partial charge in [-0.1, -0.05) is 0 Å². The fraction of sp³-hybridized carbons (Fsp3) is 0.692. The maximum atomic E-state index is 12.4. The highest BCUT2D eigenvalue weighted by molar-refractivity contribution is 5.38. The van der Waals surface area contributed by atoms with Crippen molar-refractivity contribution in [3.05, 3.63) is 22.7 Å². The Morgan fingerprint density at radius 3 is 2.33 bits per heavy atom. The number of likely N-dealkylation sites (N-methyl/N-ethyl adjacent to an activating group) is 1. The molecule has 0 spiro atoms. The van der Waals surface area contributed by atoms with Crippen molar-refractivity contribution in [2.24, 2.45) is 5.73 Å². The van der Waals surface area contributed by atoms with E-state index < -0.39 is 0 Å². The molecule has 0 unspecified atom stereocenters. The molecule has 0 amide bonds. The van der Waals surface area contributed by atoms with E-state index in [2.05, 4.69) is 4.98 Å². The van der Waals surface area contributed by atoms with Crippen LogP contribution in [0.1, 0.15) is 34.6 Å². The summed E-state index contributed by atoms with van der Waals surface area (Å²) in [5.74, 6) is 0.433. The predicted octanol–water partition coefficient (Wildman–Crippen LogP) is 1.17. The minimum atomic E-state index is -0.302. The molecular formula is C13H24N4O. The number of hydrogen-bond donors (Lipinski definition) is 1. The van der Waals surface area contributed by atoms with Gasteiger partial charge in [-0.2, -0.15) is 0 Å². The Bertz CT molecular complexity index is 471. The van der Waals surface area contributed by atoms with Crippen LogP contribution in [0.15, 0.2) is 17.2 Å².